The summed E-state index contributed by atoms with van der Waals surface area (Å²) >= 11 is 0. The molecule has 0 aromatic heterocycles. The van der Waals surface area contributed by atoms with Crippen molar-refractivity contribution in [3.05, 3.63) is 29.8 Å². The number of para-hydroxylation sites is 1. The third-order valence-electron chi connectivity index (χ3n) is 5.13. The Bertz CT molecular complexity index is 620. The van der Waals surface area contributed by atoms with Crippen molar-refractivity contribution in [3.8, 4) is 0 Å². The number of amides is 2. The van der Waals surface area contributed by atoms with Crippen molar-refractivity contribution in [1.29, 1.82) is 0 Å². The second-order valence-corrected chi connectivity index (χ2v) is 6.79. The zero-order valence-corrected chi connectivity index (χ0v) is 15.8. The highest BCUT2D eigenvalue weighted by molar-refractivity contribution is 5.95. The largest absolute Gasteiger partial charge is 0.381 e. The molecule has 1 atom stereocenters. The number of rotatable bonds is 6. The van der Waals surface area contributed by atoms with Crippen LogP contribution in [0.2, 0.25) is 0 Å². The van der Waals surface area contributed by atoms with E-state index in [1.165, 1.54) is 5.56 Å². The van der Waals surface area contributed by atoms with E-state index in [1.54, 1.807) is 0 Å². The summed E-state index contributed by atoms with van der Waals surface area (Å²) in [6, 6.07) is 7.55. The molecule has 144 valence electrons. The first-order chi connectivity index (χ1) is 12.2. The summed E-state index contributed by atoms with van der Waals surface area (Å²) in [5.74, 6) is 0.190. The summed E-state index contributed by atoms with van der Waals surface area (Å²) in [4.78, 5) is 26.4. The van der Waals surface area contributed by atoms with Crippen LogP contribution in [0.25, 0.3) is 0 Å². The van der Waals surface area contributed by atoms with Gasteiger partial charge in [0, 0.05) is 38.4 Å². The molecule has 0 bridgehead atoms. The van der Waals surface area contributed by atoms with Gasteiger partial charge in [0.25, 0.3) is 0 Å². The third-order valence-corrected chi connectivity index (χ3v) is 5.13. The van der Waals surface area contributed by atoms with Crippen LogP contribution in [0.3, 0.4) is 0 Å². The molecule has 0 aliphatic carbocycles. The Morgan fingerprint density at radius 3 is 2.77 bits per heavy atom. The number of carbonyl (C=O) groups excluding carboxylic acids is 2. The number of anilines is 1. The fourth-order valence-corrected chi connectivity index (χ4v) is 3.59. The first-order valence-corrected chi connectivity index (χ1v) is 9.16. The number of ether oxygens (including phenoxy) is 1. The van der Waals surface area contributed by atoms with E-state index in [1.807, 2.05) is 23.1 Å². The third kappa shape index (κ3) is 4.96. The number of benzene rings is 1. The van der Waals surface area contributed by atoms with Crippen molar-refractivity contribution in [2.75, 3.05) is 31.2 Å². The zero-order chi connectivity index (χ0) is 17.6. The summed E-state index contributed by atoms with van der Waals surface area (Å²) < 4.78 is 5.30. The number of nitrogens with one attached hydrogen (secondary N) is 1. The van der Waals surface area contributed by atoms with Gasteiger partial charge in [-0.15, -0.1) is 12.4 Å². The highest BCUT2D eigenvalue weighted by Gasteiger charge is 2.27. The fourth-order valence-electron chi connectivity index (χ4n) is 3.59. The molecule has 26 heavy (non-hydrogen) atoms. The predicted octanol–water partition coefficient (Wildman–Crippen LogP) is 1.65. The van der Waals surface area contributed by atoms with Crippen molar-refractivity contribution >= 4 is 29.9 Å². The highest BCUT2D eigenvalue weighted by Crippen LogP contribution is 2.28. The molecule has 6 nitrogen and oxygen atoms in total. The van der Waals surface area contributed by atoms with Crippen molar-refractivity contribution in [2.45, 2.75) is 38.1 Å². The molecule has 2 aliphatic rings. The van der Waals surface area contributed by atoms with Crippen molar-refractivity contribution in [3.63, 3.8) is 0 Å². The summed E-state index contributed by atoms with van der Waals surface area (Å²) in [5, 5.41) is 2.87. The number of nitrogens with zero attached hydrogens (tertiary/aromatic N) is 1. The summed E-state index contributed by atoms with van der Waals surface area (Å²) in [6.07, 6.45) is 3.65. The Balaban J connectivity index is 0.00000243. The summed E-state index contributed by atoms with van der Waals surface area (Å²) in [7, 11) is 0. The van der Waals surface area contributed by atoms with Crippen LogP contribution in [0.5, 0.6) is 0 Å². The monoisotopic (exact) mass is 381 g/mol. The van der Waals surface area contributed by atoms with Gasteiger partial charge in [-0.05, 0) is 43.2 Å². The van der Waals surface area contributed by atoms with Gasteiger partial charge in [0.1, 0.15) is 0 Å². The number of nitrogens with two attached hydrogens (primary N) is 1. The summed E-state index contributed by atoms with van der Waals surface area (Å²) in [5.41, 5.74) is 8.30. The first-order valence-electron chi connectivity index (χ1n) is 9.16. The number of halogens is 1. The molecule has 1 saturated heterocycles. The predicted molar refractivity (Wildman–Crippen MR) is 104 cm³/mol. The van der Waals surface area contributed by atoms with Crippen LogP contribution in [-0.2, 0) is 20.7 Å². The lowest BCUT2D eigenvalue weighted by Crippen LogP contribution is -2.47. The lowest BCUT2D eigenvalue weighted by Gasteiger charge is -2.26. The maximum atomic E-state index is 12.4. The molecule has 0 spiro atoms. The van der Waals surface area contributed by atoms with Crippen LogP contribution in [0.1, 0.15) is 31.2 Å². The number of fused-ring (bicyclic) bond motifs is 1. The van der Waals surface area contributed by atoms with Gasteiger partial charge < -0.3 is 20.7 Å². The fraction of sp³-hybridized carbons (Fsp3) is 0.579. The van der Waals surface area contributed by atoms with Crippen LogP contribution < -0.4 is 16.0 Å². The molecule has 2 heterocycles. The van der Waals surface area contributed by atoms with Crippen LogP contribution in [0.15, 0.2) is 24.3 Å². The minimum atomic E-state index is -0.481. The Kier molecular flexibility index (Phi) is 7.87. The van der Waals surface area contributed by atoms with E-state index in [4.69, 9.17) is 10.5 Å². The molecule has 7 heteroatoms. The van der Waals surface area contributed by atoms with E-state index in [0.29, 0.717) is 32.6 Å². The highest BCUT2D eigenvalue weighted by atomic mass is 35.5. The van der Waals surface area contributed by atoms with Gasteiger partial charge in [-0.1, -0.05) is 18.2 Å². The van der Waals surface area contributed by atoms with Crippen molar-refractivity contribution in [1.82, 2.24) is 5.32 Å². The minimum absolute atomic E-state index is 0. The van der Waals surface area contributed by atoms with Gasteiger partial charge in [-0.3, -0.25) is 9.59 Å². The molecule has 2 amide bonds. The van der Waals surface area contributed by atoms with Gasteiger partial charge >= 0.3 is 0 Å². The lowest BCUT2D eigenvalue weighted by molar-refractivity contribution is -0.124. The Morgan fingerprint density at radius 2 is 2.00 bits per heavy atom. The second kappa shape index (κ2) is 9.90. The molecule has 1 unspecified atom stereocenters. The molecule has 0 saturated carbocycles. The van der Waals surface area contributed by atoms with E-state index < -0.39 is 6.04 Å². The maximum absolute atomic E-state index is 12.4. The molecule has 1 fully saturated rings. The van der Waals surface area contributed by atoms with Crippen molar-refractivity contribution in [2.24, 2.45) is 11.7 Å². The van der Waals surface area contributed by atoms with E-state index in [2.05, 4.69) is 11.4 Å². The SMILES string of the molecule is Cl.NC(C(=O)NCCCC(=O)N1CCc2ccccc21)C1CCOCC1. The van der Waals surface area contributed by atoms with Gasteiger partial charge in [-0.25, -0.2) is 0 Å². The summed E-state index contributed by atoms with van der Waals surface area (Å²) in [6.45, 7) is 2.59. The van der Waals surface area contributed by atoms with E-state index >= 15 is 0 Å². The molecule has 1 aromatic rings. The average Bonchev–Trinajstić information content (AvgIpc) is 3.09. The minimum Gasteiger partial charge on any atom is -0.381 e. The quantitative estimate of drug-likeness (QED) is 0.734. The van der Waals surface area contributed by atoms with Crippen LogP contribution in [-0.4, -0.2) is 44.2 Å². The van der Waals surface area contributed by atoms with Crippen LogP contribution in [0.4, 0.5) is 5.69 Å². The average molecular weight is 382 g/mol. The Labute approximate surface area is 160 Å². The normalized spacial score (nSPS) is 18.0. The van der Waals surface area contributed by atoms with Crippen molar-refractivity contribution < 1.29 is 14.3 Å². The Hall–Kier alpha value is -1.63. The molecule has 1 aromatic carbocycles. The molecule has 0 radical (unpaired) electrons. The number of carbonyl (C=O) groups is 2. The molecule has 3 N–H and O–H groups in total. The van der Waals surface area contributed by atoms with Crippen LogP contribution in [0, 0.1) is 5.92 Å². The topological polar surface area (TPSA) is 84.7 Å². The standard InChI is InChI=1S/C19H27N3O3.ClH/c20-18(15-8-12-25-13-9-15)19(24)21-10-3-6-17(23)22-11-7-14-4-1-2-5-16(14)22;/h1-2,4-5,15,18H,3,6-13,20H2,(H,21,24);1H. The van der Waals surface area contributed by atoms with Crippen LogP contribution >= 0.6 is 12.4 Å². The first kappa shape index (κ1) is 20.7. The maximum Gasteiger partial charge on any atom is 0.237 e. The smallest absolute Gasteiger partial charge is 0.237 e. The molecule has 3 rings (SSSR count). The second-order valence-electron chi connectivity index (χ2n) is 6.79. The lowest BCUT2D eigenvalue weighted by atomic mass is 9.92. The van der Waals surface area contributed by atoms with E-state index in [-0.39, 0.29) is 30.1 Å². The Morgan fingerprint density at radius 1 is 1.27 bits per heavy atom. The van der Waals surface area contributed by atoms with Gasteiger partial charge in [0.2, 0.25) is 11.8 Å². The molecular weight excluding hydrogens is 354 g/mol. The van der Waals surface area contributed by atoms with Gasteiger partial charge in [0.15, 0.2) is 0 Å². The van der Waals surface area contributed by atoms with E-state index in [0.717, 1.165) is 31.5 Å². The zero-order valence-electron chi connectivity index (χ0n) is 15.0. The van der Waals surface area contributed by atoms with Gasteiger partial charge in [0.05, 0.1) is 6.04 Å². The number of hydrogen-bond donors (Lipinski definition) is 2. The molecular formula is C19H28ClN3O3. The van der Waals surface area contributed by atoms with Gasteiger partial charge in [-0.2, -0.15) is 0 Å². The van der Waals surface area contributed by atoms with E-state index in [9.17, 15) is 9.59 Å². The number of hydrogen-bond acceptors (Lipinski definition) is 4. The molecule has 2 aliphatic heterocycles.